The fourth-order valence-corrected chi connectivity index (χ4v) is 2.29. The van der Waals surface area contributed by atoms with Gasteiger partial charge in [0.1, 0.15) is 0 Å². The lowest BCUT2D eigenvalue weighted by Crippen LogP contribution is -2.18. The first kappa shape index (κ1) is 13.3. The maximum Gasteiger partial charge on any atom is 0.311 e. The summed E-state index contributed by atoms with van der Waals surface area (Å²) in [6.45, 7) is 1.90. The molecule has 19 heavy (non-hydrogen) atoms. The summed E-state index contributed by atoms with van der Waals surface area (Å²) in [5.74, 6) is -0.232. The third-order valence-electron chi connectivity index (χ3n) is 3.38. The number of nitro benzene ring substituents is 1. The molecule has 100 valence electrons. The van der Waals surface area contributed by atoms with Crippen LogP contribution in [0.4, 0.5) is 5.69 Å². The van der Waals surface area contributed by atoms with Gasteiger partial charge in [0.05, 0.1) is 4.92 Å². The molecular formula is C14H15NO4. The van der Waals surface area contributed by atoms with Crippen LogP contribution in [0.3, 0.4) is 0 Å². The number of hydrogen-bond donors (Lipinski definition) is 1. The molecule has 1 atom stereocenters. The van der Waals surface area contributed by atoms with Crippen LogP contribution in [-0.2, 0) is 4.79 Å². The lowest BCUT2D eigenvalue weighted by molar-refractivity contribution is -0.385. The summed E-state index contributed by atoms with van der Waals surface area (Å²) in [5.41, 5.74) is 0.936. The van der Waals surface area contributed by atoms with Crippen LogP contribution in [0, 0.1) is 16.0 Å². The highest BCUT2D eigenvalue weighted by atomic mass is 16.6. The van der Waals surface area contributed by atoms with E-state index in [1.165, 1.54) is 12.1 Å². The zero-order valence-corrected chi connectivity index (χ0v) is 10.6. The Balaban J connectivity index is 2.35. The molecule has 1 aromatic carbocycles. The predicted octanol–water partition coefficient (Wildman–Crippen LogP) is 3.07. The minimum Gasteiger partial charge on any atom is -0.502 e. The van der Waals surface area contributed by atoms with E-state index < -0.39 is 4.92 Å². The van der Waals surface area contributed by atoms with E-state index in [9.17, 15) is 20.0 Å². The van der Waals surface area contributed by atoms with Crippen LogP contribution in [0.15, 0.2) is 23.8 Å². The van der Waals surface area contributed by atoms with Crippen LogP contribution >= 0.6 is 0 Å². The van der Waals surface area contributed by atoms with Crippen LogP contribution < -0.4 is 0 Å². The summed E-state index contributed by atoms with van der Waals surface area (Å²) in [5, 5.41) is 20.1. The van der Waals surface area contributed by atoms with E-state index in [2.05, 4.69) is 0 Å². The van der Waals surface area contributed by atoms with E-state index in [1.54, 1.807) is 12.1 Å². The molecule has 0 unspecified atom stereocenters. The standard InChI is InChI=1S/C14H15NO4/c1-9-3-2-4-11(14(9)17)7-10-5-6-13(16)12(8-10)15(18)19/h5-9,16H,2-4H2,1H3/b11-7+/t9-/m1/s1. The van der Waals surface area contributed by atoms with Gasteiger partial charge in [-0.25, -0.2) is 0 Å². The molecule has 0 radical (unpaired) electrons. The van der Waals surface area contributed by atoms with Crippen molar-refractivity contribution < 1.29 is 14.8 Å². The van der Waals surface area contributed by atoms with E-state index in [-0.39, 0.29) is 23.1 Å². The van der Waals surface area contributed by atoms with E-state index in [4.69, 9.17) is 0 Å². The van der Waals surface area contributed by atoms with Gasteiger partial charge in [0.2, 0.25) is 0 Å². The molecule has 2 rings (SSSR count). The number of phenols is 1. The van der Waals surface area contributed by atoms with Crippen LogP contribution in [0.5, 0.6) is 5.75 Å². The molecule has 1 fully saturated rings. The second-order valence-corrected chi connectivity index (χ2v) is 4.83. The Morgan fingerprint density at radius 2 is 2.21 bits per heavy atom. The molecular weight excluding hydrogens is 246 g/mol. The number of benzene rings is 1. The van der Waals surface area contributed by atoms with E-state index >= 15 is 0 Å². The fourth-order valence-electron chi connectivity index (χ4n) is 2.29. The van der Waals surface area contributed by atoms with E-state index in [0.717, 1.165) is 12.8 Å². The first-order chi connectivity index (χ1) is 8.99. The highest BCUT2D eigenvalue weighted by Crippen LogP contribution is 2.30. The second-order valence-electron chi connectivity index (χ2n) is 4.83. The van der Waals surface area contributed by atoms with Gasteiger partial charge < -0.3 is 5.11 Å². The van der Waals surface area contributed by atoms with Crippen molar-refractivity contribution in [2.45, 2.75) is 26.2 Å². The Morgan fingerprint density at radius 3 is 2.89 bits per heavy atom. The van der Waals surface area contributed by atoms with Gasteiger partial charge in [0.15, 0.2) is 11.5 Å². The SMILES string of the molecule is C[C@@H]1CCC/C(=C\c2ccc(O)c([N+](=O)[O-])c2)C1=O. The summed E-state index contributed by atoms with van der Waals surface area (Å²) in [4.78, 5) is 22.1. The maximum atomic E-state index is 12.0. The summed E-state index contributed by atoms with van der Waals surface area (Å²) in [6.07, 6.45) is 4.24. The third-order valence-corrected chi connectivity index (χ3v) is 3.38. The molecule has 0 aromatic heterocycles. The van der Waals surface area contributed by atoms with Gasteiger partial charge >= 0.3 is 5.69 Å². The Kier molecular flexibility index (Phi) is 3.64. The molecule has 0 bridgehead atoms. The van der Waals surface area contributed by atoms with E-state index in [0.29, 0.717) is 17.6 Å². The molecule has 0 saturated heterocycles. The van der Waals surface area contributed by atoms with Gasteiger partial charge in [-0.2, -0.15) is 0 Å². The molecule has 0 amide bonds. The molecule has 1 saturated carbocycles. The minimum absolute atomic E-state index is 0.0205. The van der Waals surface area contributed by atoms with Crippen molar-refractivity contribution in [3.8, 4) is 5.75 Å². The number of carbonyl (C=O) groups is 1. The van der Waals surface area contributed by atoms with Crippen LogP contribution in [0.25, 0.3) is 6.08 Å². The minimum atomic E-state index is -0.636. The molecule has 5 heteroatoms. The Bertz CT molecular complexity index is 563. The average molecular weight is 261 g/mol. The molecule has 0 aliphatic heterocycles. The van der Waals surface area contributed by atoms with Gasteiger partial charge in [-0.3, -0.25) is 14.9 Å². The van der Waals surface area contributed by atoms with Gasteiger partial charge in [-0.05, 0) is 42.5 Å². The topological polar surface area (TPSA) is 80.4 Å². The highest BCUT2D eigenvalue weighted by Gasteiger charge is 2.22. The quantitative estimate of drug-likeness (QED) is 0.504. The third kappa shape index (κ3) is 2.81. The van der Waals surface area contributed by atoms with Gasteiger partial charge in [0.25, 0.3) is 0 Å². The van der Waals surface area contributed by atoms with Crippen molar-refractivity contribution in [2.75, 3.05) is 0 Å². The number of hydrogen-bond acceptors (Lipinski definition) is 4. The molecule has 1 aromatic rings. The number of carbonyl (C=O) groups excluding carboxylic acids is 1. The number of allylic oxidation sites excluding steroid dienone is 1. The number of phenolic OH excluding ortho intramolecular Hbond substituents is 1. The molecule has 1 aliphatic rings. The number of rotatable bonds is 2. The Labute approximate surface area is 110 Å². The lowest BCUT2D eigenvalue weighted by atomic mass is 9.84. The smallest absolute Gasteiger partial charge is 0.311 e. The van der Waals surface area contributed by atoms with Crippen molar-refractivity contribution in [3.63, 3.8) is 0 Å². The Hall–Kier alpha value is -2.17. The predicted molar refractivity (Wildman–Crippen MR) is 70.8 cm³/mol. The number of nitro groups is 1. The number of aromatic hydroxyl groups is 1. The summed E-state index contributed by atoms with van der Waals surface area (Å²) < 4.78 is 0. The lowest BCUT2D eigenvalue weighted by Gasteiger charge is -2.19. The second kappa shape index (κ2) is 5.22. The van der Waals surface area contributed by atoms with Crippen molar-refractivity contribution in [1.82, 2.24) is 0 Å². The maximum absolute atomic E-state index is 12.0. The molecule has 1 N–H and O–H groups in total. The molecule has 1 aliphatic carbocycles. The average Bonchev–Trinajstić information content (AvgIpc) is 2.37. The normalized spacial score (nSPS) is 21.6. The van der Waals surface area contributed by atoms with Crippen LogP contribution in [0.1, 0.15) is 31.7 Å². The zero-order valence-electron chi connectivity index (χ0n) is 10.6. The van der Waals surface area contributed by atoms with Crippen molar-refractivity contribution in [2.24, 2.45) is 5.92 Å². The van der Waals surface area contributed by atoms with Crippen LogP contribution in [0.2, 0.25) is 0 Å². The summed E-state index contributed by atoms with van der Waals surface area (Å²) >= 11 is 0. The molecule has 5 nitrogen and oxygen atoms in total. The van der Waals surface area contributed by atoms with Crippen molar-refractivity contribution in [3.05, 3.63) is 39.4 Å². The van der Waals surface area contributed by atoms with Crippen molar-refractivity contribution in [1.29, 1.82) is 0 Å². The summed E-state index contributed by atoms with van der Waals surface area (Å²) in [6, 6.07) is 4.14. The number of Topliss-reactive ketones (excluding diaryl/α,β-unsaturated/α-hetero) is 1. The largest absolute Gasteiger partial charge is 0.502 e. The van der Waals surface area contributed by atoms with E-state index in [1.807, 2.05) is 6.92 Å². The zero-order chi connectivity index (χ0) is 14.0. The molecule has 0 spiro atoms. The number of ketones is 1. The number of nitrogens with zero attached hydrogens (tertiary/aromatic N) is 1. The highest BCUT2D eigenvalue weighted by molar-refractivity contribution is 6.01. The first-order valence-corrected chi connectivity index (χ1v) is 6.21. The van der Waals surface area contributed by atoms with Crippen LogP contribution in [-0.4, -0.2) is 15.8 Å². The van der Waals surface area contributed by atoms with Crippen molar-refractivity contribution >= 4 is 17.5 Å². The Morgan fingerprint density at radius 1 is 1.47 bits per heavy atom. The fraction of sp³-hybridized carbons (Fsp3) is 0.357. The summed E-state index contributed by atoms with van der Waals surface area (Å²) in [7, 11) is 0. The first-order valence-electron chi connectivity index (χ1n) is 6.21. The van der Waals surface area contributed by atoms with Gasteiger partial charge in [0, 0.05) is 12.0 Å². The van der Waals surface area contributed by atoms with Gasteiger partial charge in [-0.1, -0.05) is 13.0 Å². The molecule has 0 heterocycles. The van der Waals surface area contributed by atoms with Gasteiger partial charge in [-0.15, -0.1) is 0 Å². The monoisotopic (exact) mass is 261 g/mol.